The first kappa shape index (κ1) is 18.7. The zero-order chi connectivity index (χ0) is 18.0. The van der Waals surface area contributed by atoms with E-state index in [4.69, 9.17) is 17.4 Å². The average molecular weight is 420 g/mol. The lowest BCUT2D eigenvalue weighted by molar-refractivity contribution is -0.207. The molecule has 3 N–H and O–H groups in total. The fraction of sp³-hybridized carbons (Fsp3) is 0.200. The molecule has 0 fully saturated rings. The van der Waals surface area contributed by atoms with Crippen LogP contribution < -0.4 is 5.84 Å². The van der Waals surface area contributed by atoms with E-state index < -0.39 is 23.8 Å². The highest BCUT2D eigenvalue weighted by molar-refractivity contribution is 9.10. The molecule has 128 valence electrons. The molecule has 0 aliphatic rings. The average Bonchev–Trinajstić information content (AvgIpc) is 2.54. The van der Waals surface area contributed by atoms with Crippen molar-refractivity contribution in [3.8, 4) is 0 Å². The third kappa shape index (κ3) is 3.56. The third-order valence-electron chi connectivity index (χ3n) is 3.44. The van der Waals surface area contributed by atoms with Gasteiger partial charge in [-0.3, -0.25) is 4.98 Å². The van der Waals surface area contributed by atoms with Crippen LogP contribution in [-0.2, 0) is 11.5 Å². The highest BCUT2D eigenvalue weighted by Crippen LogP contribution is 2.45. The molecule has 1 aromatic heterocycles. The van der Waals surface area contributed by atoms with Gasteiger partial charge in [0.1, 0.15) is 5.69 Å². The van der Waals surface area contributed by atoms with Gasteiger partial charge in [0.05, 0.1) is 6.54 Å². The smallest absolute Gasteiger partial charge is 0.323 e. The molecule has 2 aromatic rings. The van der Waals surface area contributed by atoms with E-state index in [0.717, 1.165) is 6.07 Å². The summed E-state index contributed by atoms with van der Waals surface area (Å²) >= 11 is 9.01. The van der Waals surface area contributed by atoms with Gasteiger partial charge in [-0.2, -0.15) is 13.9 Å². The summed E-state index contributed by atoms with van der Waals surface area (Å²) in [6, 6.07) is 8.05. The van der Waals surface area contributed by atoms with Gasteiger partial charge in [0.2, 0.25) is 0 Å². The monoisotopic (exact) mass is 418 g/mol. The van der Waals surface area contributed by atoms with Crippen molar-refractivity contribution in [1.29, 1.82) is 0 Å². The number of halogens is 4. The summed E-state index contributed by atoms with van der Waals surface area (Å²) in [6.07, 6.45) is 1.22. The molecular weight excluding hydrogens is 406 g/mol. The molecule has 0 aliphatic carbocycles. The van der Waals surface area contributed by atoms with Crippen molar-refractivity contribution in [2.75, 3.05) is 6.54 Å². The first-order valence-corrected chi connectivity index (χ1v) is 7.85. The van der Waals surface area contributed by atoms with E-state index in [-0.39, 0.29) is 10.6 Å². The summed E-state index contributed by atoms with van der Waals surface area (Å²) in [5, 5.41) is 15.1. The van der Waals surface area contributed by atoms with Crippen LogP contribution in [0.2, 0.25) is 5.02 Å². The molecule has 1 atom stereocenters. The molecule has 0 radical (unpaired) electrons. The lowest BCUT2D eigenvalue weighted by Gasteiger charge is -2.37. The van der Waals surface area contributed by atoms with Crippen LogP contribution in [0.1, 0.15) is 11.3 Å². The van der Waals surface area contributed by atoms with Crippen LogP contribution in [0, 0.1) is 0 Å². The van der Waals surface area contributed by atoms with E-state index in [1.165, 1.54) is 36.5 Å². The standard InChI is InChI=1S/C15H14BrClF2N4O/c1-21-23(20)9-14(24,10-3-2-4-12(17)7-10)15(18,19)13-6-5-11(16)8-22-13/h2-8,24H,1,9,20H2. The molecule has 0 amide bonds. The highest BCUT2D eigenvalue weighted by atomic mass is 79.9. The largest absolute Gasteiger partial charge is 0.377 e. The first-order chi connectivity index (χ1) is 11.2. The number of aromatic nitrogens is 1. The summed E-state index contributed by atoms with van der Waals surface area (Å²) in [7, 11) is 0. The molecule has 1 heterocycles. The minimum absolute atomic E-state index is 0.121. The van der Waals surface area contributed by atoms with Crippen molar-refractivity contribution in [3.05, 3.63) is 63.3 Å². The SMILES string of the molecule is C=NN(N)CC(O)(c1cccc(Cl)c1)C(F)(F)c1ccc(Br)cn1. The molecule has 1 unspecified atom stereocenters. The number of aliphatic hydroxyl groups is 1. The van der Waals surface area contributed by atoms with Crippen LogP contribution >= 0.6 is 27.5 Å². The number of nitrogens with zero attached hydrogens (tertiary/aromatic N) is 3. The van der Waals surface area contributed by atoms with Gasteiger partial charge < -0.3 is 5.11 Å². The molecule has 2 rings (SSSR count). The molecule has 0 saturated heterocycles. The summed E-state index contributed by atoms with van der Waals surface area (Å²) < 4.78 is 30.8. The second-order valence-electron chi connectivity index (χ2n) is 5.05. The fourth-order valence-electron chi connectivity index (χ4n) is 2.18. The van der Waals surface area contributed by atoms with Crippen LogP contribution in [0.4, 0.5) is 8.78 Å². The molecule has 5 nitrogen and oxygen atoms in total. The van der Waals surface area contributed by atoms with Crippen molar-refractivity contribution < 1.29 is 13.9 Å². The van der Waals surface area contributed by atoms with Crippen LogP contribution in [0.15, 0.2) is 52.2 Å². The van der Waals surface area contributed by atoms with E-state index in [0.29, 0.717) is 9.59 Å². The molecule has 1 aromatic carbocycles. The topological polar surface area (TPSA) is 74.7 Å². The lowest BCUT2D eigenvalue weighted by atomic mass is 9.85. The minimum atomic E-state index is -3.78. The van der Waals surface area contributed by atoms with Crippen molar-refractivity contribution in [2.45, 2.75) is 11.5 Å². The Morgan fingerprint density at radius 1 is 1.38 bits per heavy atom. The number of nitrogens with two attached hydrogens (primary N) is 1. The number of hydrogen-bond donors (Lipinski definition) is 2. The minimum Gasteiger partial charge on any atom is -0.377 e. The van der Waals surface area contributed by atoms with Crippen molar-refractivity contribution in [2.24, 2.45) is 10.9 Å². The van der Waals surface area contributed by atoms with Crippen molar-refractivity contribution >= 4 is 34.2 Å². The molecule has 0 spiro atoms. The van der Waals surface area contributed by atoms with Gasteiger partial charge >= 0.3 is 5.92 Å². The Morgan fingerprint density at radius 2 is 2.08 bits per heavy atom. The molecular formula is C15H14BrClF2N4O. The Bertz CT molecular complexity index is 732. The van der Waals surface area contributed by atoms with E-state index in [1.807, 2.05) is 0 Å². The van der Waals surface area contributed by atoms with Gasteiger partial charge in [-0.25, -0.2) is 11.0 Å². The van der Waals surface area contributed by atoms with E-state index in [1.54, 1.807) is 0 Å². The number of rotatable bonds is 6. The summed E-state index contributed by atoms with van der Waals surface area (Å²) in [4.78, 5) is 3.70. The summed E-state index contributed by atoms with van der Waals surface area (Å²) in [5.74, 6) is 1.71. The molecule has 0 bridgehead atoms. The Balaban J connectivity index is 2.60. The number of hydrazone groups is 1. The van der Waals surface area contributed by atoms with Crippen LogP contribution in [0.25, 0.3) is 0 Å². The Morgan fingerprint density at radius 3 is 2.62 bits per heavy atom. The first-order valence-electron chi connectivity index (χ1n) is 6.68. The molecule has 24 heavy (non-hydrogen) atoms. The zero-order valence-electron chi connectivity index (χ0n) is 12.3. The lowest BCUT2D eigenvalue weighted by Crippen LogP contribution is -2.52. The van der Waals surface area contributed by atoms with Gasteiger partial charge in [0, 0.05) is 22.4 Å². The maximum Gasteiger partial charge on any atom is 0.323 e. The van der Waals surface area contributed by atoms with Crippen LogP contribution in [0.5, 0.6) is 0 Å². The number of benzene rings is 1. The van der Waals surface area contributed by atoms with Crippen molar-refractivity contribution in [3.63, 3.8) is 0 Å². The Kier molecular flexibility index (Phi) is 5.54. The van der Waals surface area contributed by atoms with Gasteiger partial charge in [0.15, 0.2) is 5.60 Å². The number of hydrazine groups is 1. The molecule has 9 heteroatoms. The molecule has 0 saturated carbocycles. The van der Waals surface area contributed by atoms with Gasteiger partial charge in [-0.05, 0) is 45.8 Å². The maximum atomic E-state index is 15.1. The fourth-order valence-corrected chi connectivity index (χ4v) is 2.60. The Labute approximate surface area is 150 Å². The van der Waals surface area contributed by atoms with E-state index in [9.17, 15) is 5.11 Å². The van der Waals surface area contributed by atoms with Crippen LogP contribution in [-0.4, -0.2) is 28.5 Å². The van der Waals surface area contributed by atoms with E-state index >= 15 is 8.78 Å². The van der Waals surface area contributed by atoms with E-state index in [2.05, 4.69) is 32.7 Å². The van der Waals surface area contributed by atoms with Gasteiger partial charge in [-0.15, -0.1) is 0 Å². The predicted molar refractivity (Wildman–Crippen MR) is 91.6 cm³/mol. The summed E-state index contributed by atoms with van der Waals surface area (Å²) in [6.45, 7) is 2.45. The normalized spacial score (nSPS) is 14.1. The highest BCUT2D eigenvalue weighted by Gasteiger charge is 2.57. The Hall–Kier alpha value is -1.61. The number of alkyl halides is 2. The predicted octanol–water partition coefficient (Wildman–Crippen LogP) is 3.27. The second-order valence-corrected chi connectivity index (χ2v) is 6.40. The maximum absolute atomic E-state index is 15.1. The number of pyridine rings is 1. The van der Waals surface area contributed by atoms with Gasteiger partial charge in [0.25, 0.3) is 0 Å². The summed E-state index contributed by atoms with van der Waals surface area (Å²) in [5.41, 5.74) is -3.47. The van der Waals surface area contributed by atoms with Crippen molar-refractivity contribution in [1.82, 2.24) is 10.1 Å². The molecule has 0 aliphatic heterocycles. The second kappa shape index (κ2) is 7.10. The zero-order valence-corrected chi connectivity index (χ0v) is 14.7. The quantitative estimate of drug-likeness (QED) is 0.428. The van der Waals surface area contributed by atoms with Crippen LogP contribution in [0.3, 0.4) is 0 Å². The third-order valence-corrected chi connectivity index (χ3v) is 4.15. The number of hydrogen-bond acceptors (Lipinski definition) is 5. The van der Waals surface area contributed by atoms with Gasteiger partial charge in [-0.1, -0.05) is 23.7 Å².